The Morgan fingerprint density at radius 2 is 1.17 bits per heavy atom. The van der Waals surface area contributed by atoms with Crippen LogP contribution >= 0.6 is 0 Å². The Balaban J connectivity index is 1.09. The summed E-state index contributed by atoms with van der Waals surface area (Å²) in [4.78, 5) is 2.67. The maximum atomic E-state index is 3.56. The molecular formula is C61H46N2. The average Bonchev–Trinajstić information content (AvgIpc) is 3.47. The van der Waals surface area contributed by atoms with Gasteiger partial charge in [0.2, 0.25) is 0 Å². The van der Waals surface area contributed by atoms with E-state index in [0.29, 0.717) is 0 Å². The molecule has 300 valence electrons. The van der Waals surface area contributed by atoms with Crippen molar-refractivity contribution in [3.05, 3.63) is 258 Å². The molecule has 0 aliphatic heterocycles. The van der Waals surface area contributed by atoms with E-state index in [2.05, 4.69) is 252 Å². The summed E-state index contributed by atoms with van der Waals surface area (Å²) in [7, 11) is 0. The van der Waals surface area contributed by atoms with Crippen LogP contribution in [0.3, 0.4) is 0 Å². The van der Waals surface area contributed by atoms with E-state index in [4.69, 9.17) is 0 Å². The second-order valence-electron chi connectivity index (χ2n) is 16.4. The Morgan fingerprint density at radius 1 is 0.540 bits per heavy atom. The molecule has 0 spiro atoms. The van der Waals surface area contributed by atoms with Gasteiger partial charge in [-0.3, -0.25) is 0 Å². The molecule has 0 radical (unpaired) electrons. The minimum absolute atomic E-state index is 0.0112. The summed E-state index contributed by atoms with van der Waals surface area (Å²) in [6.45, 7) is 0. The highest BCUT2D eigenvalue weighted by molar-refractivity contribution is 5.95. The third-order valence-corrected chi connectivity index (χ3v) is 12.8. The van der Waals surface area contributed by atoms with E-state index in [1.54, 1.807) is 0 Å². The smallest absolute Gasteiger partial charge is 0.105 e. The molecule has 2 atom stereocenters. The van der Waals surface area contributed by atoms with Gasteiger partial charge in [-0.05, 0) is 82.0 Å². The molecule has 11 rings (SSSR count). The minimum atomic E-state index is -0.0401. The third kappa shape index (κ3) is 7.08. The number of benzene rings is 7. The zero-order valence-electron chi connectivity index (χ0n) is 35.1. The number of para-hydroxylation sites is 3. The Hall–Kier alpha value is -7.86. The molecule has 63 heavy (non-hydrogen) atoms. The van der Waals surface area contributed by atoms with Gasteiger partial charge in [0.15, 0.2) is 0 Å². The van der Waals surface area contributed by atoms with Crippen molar-refractivity contribution in [1.29, 1.82) is 0 Å². The molecule has 2 heteroatoms. The van der Waals surface area contributed by atoms with Gasteiger partial charge in [0.25, 0.3) is 0 Å². The van der Waals surface area contributed by atoms with E-state index in [-0.39, 0.29) is 12.0 Å². The van der Waals surface area contributed by atoms with Gasteiger partial charge in [-0.25, -0.2) is 0 Å². The van der Waals surface area contributed by atoms with E-state index in [1.165, 1.54) is 83.6 Å². The summed E-state index contributed by atoms with van der Waals surface area (Å²) in [5.41, 5.74) is 18.4. The molecule has 1 heterocycles. The Kier molecular flexibility index (Phi) is 10.2. The van der Waals surface area contributed by atoms with Crippen molar-refractivity contribution in [2.24, 2.45) is 0 Å². The fraction of sp³-hybridized carbons (Fsp3) is 0.0820. The second-order valence-corrected chi connectivity index (χ2v) is 16.4. The molecule has 1 aromatic heterocycles. The number of hydrogen-bond donors (Lipinski definition) is 0. The molecule has 0 saturated heterocycles. The second kappa shape index (κ2) is 16.9. The standard InChI is InChI=1S/C61H46N2/c1-5-22-44(23-6-1)49-28-13-14-33-55(49)61-52(46-26-9-3-10-27-46)34-21-39-60(61)62(56-36-18-15-29-50(56)45-24-7-2-8-25-45)48-42-40-47(41-43-48)51-30-16-19-37-57(51)63-58-35-12-4-11-31-53(58)54-32-17-20-38-59(54)63/h1-3,5-11,13-34,36-40,42,60-61H,4,41,43H2. The van der Waals surface area contributed by atoms with Gasteiger partial charge in [-0.15, -0.1) is 0 Å². The van der Waals surface area contributed by atoms with Crippen LogP contribution in [0.15, 0.2) is 230 Å². The number of nitrogens with zero attached hydrogens (tertiary/aromatic N) is 2. The van der Waals surface area contributed by atoms with E-state index in [9.17, 15) is 0 Å². The fourth-order valence-electron chi connectivity index (χ4n) is 10.0. The van der Waals surface area contributed by atoms with E-state index < -0.39 is 0 Å². The first-order chi connectivity index (χ1) is 31.3. The summed E-state index contributed by atoms with van der Waals surface area (Å²) < 4.78 is 2.39. The summed E-state index contributed by atoms with van der Waals surface area (Å²) in [6, 6.07) is 68.3. The van der Waals surface area contributed by atoms with Crippen LogP contribution in [0.4, 0.5) is 5.69 Å². The maximum absolute atomic E-state index is 3.56. The lowest BCUT2D eigenvalue weighted by atomic mass is 9.75. The largest absolute Gasteiger partial charge is 0.337 e. The van der Waals surface area contributed by atoms with Crippen LogP contribution in [0, 0.1) is 11.8 Å². The number of rotatable bonds is 9. The quantitative estimate of drug-likeness (QED) is 0.132. The monoisotopic (exact) mass is 806 g/mol. The highest BCUT2D eigenvalue weighted by atomic mass is 15.2. The van der Waals surface area contributed by atoms with E-state index in [1.807, 2.05) is 0 Å². The molecule has 0 bridgehead atoms. The Morgan fingerprint density at radius 3 is 1.94 bits per heavy atom. The van der Waals surface area contributed by atoms with Crippen molar-refractivity contribution in [2.45, 2.75) is 31.2 Å². The first-order valence-electron chi connectivity index (χ1n) is 22.1. The van der Waals surface area contributed by atoms with Gasteiger partial charge >= 0.3 is 0 Å². The molecule has 0 amide bonds. The van der Waals surface area contributed by atoms with Crippen molar-refractivity contribution in [3.8, 4) is 39.8 Å². The van der Waals surface area contributed by atoms with Crippen molar-refractivity contribution in [2.75, 3.05) is 4.90 Å². The lowest BCUT2D eigenvalue weighted by Gasteiger charge is -2.43. The lowest BCUT2D eigenvalue weighted by Crippen LogP contribution is -2.40. The van der Waals surface area contributed by atoms with Crippen molar-refractivity contribution in [3.63, 3.8) is 0 Å². The molecule has 0 fully saturated rings. The number of aromatic nitrogens is 1. The first-order valence-corrected chi connectivity index (χ1v) is 22.1. The molecule has 2 nitrogen and oxygen atoms in total. The topological polar surface area (TPSA) is 8.17 Å². The predicted octanol–water partition coefficient (Wildman–Crippen LogP) is 15.1. The van der Waals surface area contributed by atoms with Gasteiger partial charge in [0.1, 0.15) is 5.69 Å². The summed E-state index contributed by atoms with van der Waals surface area (Å²) in [5.74, 6) is 6.97. The number of fused-ring (bicyclic) bond motifs is 3. The van der Waals surface area contributed by atoms with Gasteiger partial charge in [-0.1, -0.05) is 212 Å². The van der Waals surface area contributed by atoms with Gasteiger partial charge in [0, 0.05) is 45.8 Å². The minimum Gasteiger partial charge on any atom is -0.337 e. The van der Waals surface area contributed by atoms with Crippen LogP contribution in [0.5, 0.6) is 0 Å². The zero-order valence-corrected chi connectivity index (χ0v) is 35.1. The molecule has 3 aliphatic rings. The number of allylic oxidation sites excluding steroid dienone is 7. The highest BCUT2D eigenvalue weighted by Gasteiger charge is 2.36. The number of anilines is 1. The summed E-state index contributed by atoms with van der Waals surface area (Å²) in [6.07, 6.45) is 18.8. The van der Waals surface area contributed by atoms with Crippen LogP contribution in [-0.2, 0) is 0 Å². The fourth-order valence-corrected chi connectivity index (χ4v) is 10.0. The van der Waals surface area contributed by atoms with Crippen LogP contribution in [0.1, 0.15) is 53.1 Å². The lowest BCUT2D eigenvalue weighted by molar-refractivity contribution is 0.665. The van der Waals surface area contributed by atoms with Crippen LogP contribution < -0.4 is 4.90 Å². The maximum Gasteiger partial charge on any atom is 0.105 e. The predicted molar refractivity (Wildman–Crippen MR) is 265 cm³/mol. The van der Waals surface area contributed by atoms with Crippen LogP contribution in [0.25, 0.3) is 56.1 Å². The number of hydrogen-bond acceptors (Lipinski definition) is 1. The summed E-state index contributed by atoms with van der Waals surface area (Å²) >= 11 is 0. The SMILES string of the molecule is C1#Cc2c(c3ccccc3n2-c2ccccc2C2=CC=C(N(c3ccccc3-c3ccccc3)C3C=CC=C(c4ccccc4)C3c3ccccc3-c3ccccc3)CC2)C=CC1. The molecule has 0 saturated carbocycles. The average molecular weight is 807 g/mol. The van der Waals surface area contributed by atoms with Gasteiger partial charge in [-0.2, -0.15) is 0 Å². The summed E-state index contributed by atoms with van der Waals surface area (Å²) in [5, 5.41) is 1.23. The zero-order chi connectivity index (χ0) is 42.0. The van der Waals surface area contributed by atoms with E-state index >= 15 is 0 Å². The first kappa shape index (κ1) is 38.1. The van der Waals surface area contributed by atoms with Crippen LogP contribution in [0.2, 0.25) is 0 Å². The Labute approximate surface area is 370 Å². The molecule has 2 unspecified atom stereocenters. The molecule has 7 aromatic carbocycles. The Bertz CT molecular complexity index is 3200. The van der Waals surface area contributed by atoms with Crippen molar-refractivity contribution >= 4 is 33.8 Å². The highest BCUT2D eigenvalue weighted by Crippen LogP contribution is 2.48. The van der Waals surface area contributed by atoms with Crippen molar-refractivity contribution in [1.82, 2.24) is 4.57 Å². The molecule has 3 aliphatic carbocycles. The molecule has 8 aromatic rings. The van der Waals surface area contributed by atoms with Crippen LogP contribution in [-0.4, -0.2) is 10.6 Å². The molecule has 0 N–H and O–H groups in total. The van der Waals surface area contributed by atoms with Gasteiger partial charge in [0.05, 0.1) is 17.2 Å². The normalized spacial score (nSPS) is 16.5. The third-order valence-electron chi connectivity index (χ3n) is 12.8. The molecular weight excluding hydrogens is 761 g/mol. The van der Waals surface area contributed by atoms with Gasteiger partial charge < -0.3 is 9.47 Å². The van der Waals surface area contributed by atoms with E-state index in [0.717, 1.165) is 25.0 Å². The van der Waals surface area contributed by atoms with Crippen molar-refractivity contribution < 1.29 is 0 Å².